The number of fused-ring (bicyclic) bond motifs is 1. The molecule has 0 unspecified atom stereocenters. The molecule has 10 heteroatoms. The standard InChI is InChI=1S/C28H27N7O2S/c1-18-23(16-32-35(18)22-8-10-33(11-9-22)27(36)28(2,3)37)20-12-25(26-21(14-30)15-31-34(26)17-20)38-24-7-5-4-6-19(24)13-29/h4-7,12,15-17,22,37H,8-11H2,1-3H3. The molecule has 1 saturated heterocycles. The predicted octanol–water partition coefficient (Wildman–Crippen LogP) is 4.34. The summed E-state index contributed by atoms with van der Waals surface area (Å²) in [6.07, 6.45) is 6.80. The Morgan fingerprint density at radius 3 is 2.47 bits per heavy atom. The second kappa shape index (κ2) is 9.97. The van der Waals surface area contributed by atoms with Crippen LogP contribution in [0.5, 0.6) is 0 Å². The van der Waals surface area contributed by atoms with Crippen LogP contribution in [0, 0.1) is 29.6 Å². The number of pyridine rings is 1. The van der Waals surface area contributed by atoms with E-state index in [4.69, 9.17) is 5.10 Å². The third-order valence-corrected chi connectivity index (χ3v) is 8.01. The van der Waals surface area contributed by atoms with E-state index in [1.165, 1.54) is 25.6 Å². The normalized spacial score (nSPS) is 14.4. The molecule has 3 aromatic heterocycles. The second-order valence-electron chi connectivity index (χ2n) is 9.94. The van der Waals surface area contributed by atoms with Crippen LogP contribution in [0.1, 0.15) is 49.6 Å². The van der Waals surface area contributed by atoms with Gasteiger partial charge in [-0.2, -0.15) is 20.7 Å². The smallest absolute Gasteiger partial charge is 0.253 e. The van der Waals surface area contributed by atoms with Gasteiger partial charge in [-0.25, -0.2) is 4.52 Å². The fraction of sp³-hybridized carbons (Fsp3) is 0.321. The van der Waals surface area contributed by atoms with Gasteiger partial charge in [0.25, 0.3) is 5.91 Å². The molecule has 1 aliphatic rings. The van der Waals surface area contributed by atoms with Crippen molar-refractivity contribution in [3.05, 3.63) is 65.7 Å². The lowest BCUT2D eigenvalue weighted by molar-refractivity contribution is -0.149. The highest BCUT2D eigenvalue weighted by atomic mass is 32.2. The minimum atomic E-state index is -1.37. The number of likely N-dealkylation sites (tertiary alicyclic amines) is 1. The van der Waals surface area contributed by atoms with Crippen molar-refractivity contribution in [3.63, 3.8) is 0 Å². The molecule has 0 spiro atoms. The van der Waals surface area contributed by atoms with Crippen molar-refractivity contribution < 1.29 is 9.90 Å². The van der Waals surface area contributed by atoms with E-state index < -0.39 is 5.60 Å². The number of carbonyl (C=O) groups is 1. The van der Waals surface area contributed by atoms with Crippen LogP contribution in [0.15, 0.2) is 58.7 Å². The predicted molar refractivity (Wildman–Crippen MR) is 142 cm³/mol. The van der Waals surface area contributed by atoms with Crippen LogP contribution in [-0.4, -0.2) is 54.0 Å². The minimum Gasteiger partial charge on any atom is -0.381 e. The first-order valence-corrected chi connectivity index (χ1v) is 13.2. The number of rotatable bonds is 5. The first kappa shape index (κ1) is 25.5. The van der Waals surface area contributed by atoms with Crippen molar-refractivity contribution in [1.82, 2.24) is 24.3 Å². The summed E-state index contributed by atoms with van der Waals surface area (Å²) < 4.78 is 3.73. The maximum Gasteiger partial charge on any atom is 0.253 e. The van der Waals surface area contributed by atoms with Gasteiger partial charge >= 0.3 is 0 Å². The quantitative estimate of drug-likeness (QED) is 0.411. The zero-order chi connectivity index (χ0) is 27.0. The molecule has 5 rings (SSSR count). The number of benzene rings is 1. The molecule has 1 aromatic carbocycles. The summed E-state index contributed by atoms with van der Waals surface area (Å²) in [6.45, 7) is 6.21. The van der Waals surface area contributed by atoms with Crippen LogP contribution in [-0.2, 0) is 4.79 Å². The zero-order valence-corrected chi connectivity index (χ0v) is 22.2. The van der Waals surface area contributed by atoms with E-state index >= 15 is 0 Å². The molecule has 0 saturated carbocycles. The Morgan fingerprint density at radius 2 is 1.79 bits per heavy atom. The van der Waals surface area contributed by atoms with E-state index in [2.05, 4.69) is 17.2 Å². The second-order valence-corrected chi connectivity index (χ2v) is 11.0. The highest BCUT2D eigenvalue weighted by Gasteiger charge is 2.33. The Labute approximate surface area is 224 Å². The molecule has 1 amide bonds. The number of aromatic nitrogens is 4. The molecule has 4 heterocycles. The van der Waals surface area contributed by atoms with Gasteiger partial charge in [-0.15, -0.1) is 0 Å². The topological polar surface area (TPSA) is 123 Å². The molecule has 4 aromatic rings. The van der Waals surface area contributed by atoms with Crippen molar-refractivity contribution in [2.45, 2.75) is 55.0 Å². The summed E-state index contributed by atoms with van der Waals surface area (Å²) in [5.41, 5.74) is 3.21. The Kier molecular flexibility index (Phi) is 6.70. The summed E-state index contributed by atoms with van der Waals surface area (Å²) in [5.74, 6) is -0.249. The van der Waals surface area contributed by atoms with Crippen molar-refractivity contribution in [1.29, 1.82) is 10.5 Å². The number of piperidine rings is 1. The SMILES string of the molecule is Cc1c(-c2cc(Sc3ccccc3C#N)c3c(C#N)cnn3c2)cnn1C1CCN(C(=O)C(C)(C)O)CC1. The highest BCUT2D eigenvalue weighted by Crippen LogP contribution is 2.38. The molecule has 0 atom stereocenters. The van der Waals surface area contributed by atoms with Gasteiger partial charge in [-0.3, -0.25) is 9.48 Å². The van der Waals surface area contributed by atoms with Crippen LogP contribution in [0.4, 0.5) is 0 Å². The van der Waals surface area contributed by atoms with Crippen LogP contribution >= 0.6 is 11.8 Å². The average molecular weight is 526 g/mol. The average Bonchev–Trinajstić information content (AvgIpc) is 3.51. The molecular formula is C28H27N7O2S. The fourth-order valence-electron chi connectivity index (χ4n) is 4.93. The van der Waals surface area contributed by atoms with E-state index in [9.17, 15) is 20.4 Å². The Balaban J connectivity index is 1.48. The first-order valence-electron chi connectivity index (χ1n) is 12.4. The van der Waals surface area contributed by atoms with Crippen molar-refractivity contribution in [2.75, 3.05) is 13.1 Å². The Morgan fingerprint density at radius 1 is 1.08 bits per heavy atom. The van der Waals surface area contributed by atoms with E-state index in [0.29, 0.717) is 29.7 Å². The van der Waals surface area contributed by atoms with Gasteiger partial charge in [-0.05, 0) is 51.8 Å². The Bertz CT molecular complexity index is 1610. The van der Waals surface area contributed by atoms with Gasteiger partial charge in [0.1, 0.15) is 17.7 Å². The highest BCUT2D eigenvalue weighted by molar-refractivity contribution is 7.99. The van der Waals surface area contributed by atoms with Crippen molar-refractivity contribution in [2.24, 2.45) is 0 Å². The first-order chi connectivity index (χ1) is 18.2. The maximum atomic E-state index is 12.5. The van der Waals surface area contributed by atoms with Gasteiger partial charge < -0.3 is 10.0 Å². The van der Waals surface area contributed by atoms with Crippen molar-refractivity contribution in [3.8, 4) is 23.3 Å². The lowest BCUT2D eigenvalue weighted by atomic mass is 10.0. The van der Waals surface area contributed by atoms with Gasteiger partial charge in [-0.1, -0.05) is 23.9 Å². The number of aliphatic hydroxyl groups is 1. The summed E-state index contributed by atoms with van der Waals surface area (Å²) in [5, 5.41) is 38.5. The molecule has 0 bridgehead atoms. The molecule has 0 aliphatic carbocycles. The molecule has 1 N–H and O–H groups in total. The molecule has 1 aliphatic heterocycles. The molecule has 1 fully saturated rings. The van der Waals surface area contributed by atoms with Crippen LogP contribution in [0.25, 0.3) is 16.6 Å². The molecule has 192 valence electrons. The third-order valence-electron chi connectivity index (χ3n) is 6.90. The van der Waals surface area contributed by atoms with Crippen molar-refractivity contribution >= 4 is 23.2 Å². The van der Waals surface area contributed by atoms with Gasteiger partial charge in [0.2, 0.25) is 0 Å². The lowest BCUT2D eigenvalue weighted by Crippen LogP contribution is -2.48. The maximum absolute atomic E-state index is 12.5. The van der Waals surface area contributed by atoms with Gasteiger partial charge in [0, 0.05) is 45.9 Å². The summed E-state index contributed by atoms with van der Waals surface area (Å²) in [6, 6.07) is 14.0. The molecule has 38 heavy (non-hydrogen) atoms. The number of nitrogens with zero attached hydrogens (tertiary/aromatic N) is 7. The lowest BCUT2D eigenvalue weighted by Gasteiger charge is -2.35. The summed E-state index contributed by atoms with van der Waals surface area (Å²) in [4.78, 5) is 15.8. The minimum absolute atomic E-state index is 0.143. The van der Waals surface area contributed by atoms with Crippen LogP contribution in [0.3, 0.4) is 0 Å². The summed E-state index contributed by atoms with van der Waals surface area (Å²) >= 11 is 1.44. The summed E-state index contributed by atoms with van der Waals surface area (Å²) in [7, 11) is 0. The number of hydrogen-bond donors (Lipinski definition) is 1. The number of carbonyl (C=O) groups excluding carboxylic acids is 1. The van der Waals surface area contributed by atoms with Crippen LogP contribution < -0.4 is 0 Å². The molecule has 0 radical (unpaired) electrons. The number of amides is 1. The number of nitriles is 2. The van der Waals surface area contributed by atoms with Gasteiger partial charge in [0.15, 0.2) is 0 Å². The molecular weight excluding hydrogens is 498 g/mol. The van der Waals surface area contributed by atoms with E-state index in [1.807, 2.05) is 48.3 Å². The fourth-order valence-corrected chi connectivity index (χ4v) is 6.03. The van der Waals surface area contributed by atoms with E-state index in [-0.39, 0.29) is 11.9 Å². The monoisotopic (exact) mass is 525 g/mol. The molecule has 9 nitrogen and oxygen atoms in total. The zero-order valence-electron chi connectivity index (χ0n) is 21.4. The van der Waals surface area contributed by atoms with E-state index in [1.54, 1.807) is 21.7 Å². The third kappa shape index (κ3) is 4.65. The van der Waals surface area contributed by atoms with Crippen LogP contribution in [0.2, 0.25) is 0 Å². The Hall–Kier alpha value is -4.12. The number of hydrogen-bond acceptors (Lipinski definition) is 7. The van der Waals surface area contributed by atoms with E-state index in [0.717, 1.165) is 39.5 Å². The van der Waals surface area contributed by atoms with Gasteiger partial charge in [0.05, 0.1) is 35.1 Å². The largest absolute Gasteiger partial charge is 0.381 e.